The number of hydrogen-bond acceptors (Lipinski definition) is 9. The van der Waals surface area contributed by atoms with Crippen molar-refractivity contribution in [2.75, 3.05) is 24.7 Å². The van der Waals surface area contributed by atoms with Crippen LogP contribution in [0.15, 0.2) is 24.3 Å². The van der Waals surface area contributed by atoms with Gasteiger partial charge in [-0.15, -0.1) is 0 Å². The second-order valence-corrected chi connectivity index (χ2v) is 9.15. The number of anilines is 3. The van der Waals surface area contributed by atoms with E-state index < -0.39 is 11.9 Å². The van der Waals surface area contributed by atoms with Gasteiger partial charge < -0.3 is 25.4 Å². The highest BCUT2D eigenvalue weighted by atomic mass is 16.5. The van der Waals surface area contributed by atoms with Crippen molar-refractivity contribution in [3.05, 3.63) is 30.1 Å². The van der Waals surface area contributed by atoms with Gasteiger partial charge in [0.05, 0.1) is 18.7 Å². The van der Waals surface area contributed by atoms with Gasteiger partial charge in [-0.3, -0.25) is 9.59 Å². The molecule has 2 aromatic rings. The molecular formula is C24H32N6O4. The number of nitrogens with two attached hydrogens (primary N) is 1. The minimum Gasteiger partial charge on any atom is -0.495 e. The van der Waals surface area contributed by atoms with E-state index in [0.717, 1.165) is 12.8 Å². The fraction of sp³-hybridized carbons (Fsp3) is 0.542. The van der Waals surface area contributed by atoms with Crippen LogP contribution in [-0.4, -0.2) is 51.4 Å². The molecule has 4 atom stereocenters. The van der Waals surface area contributed by atoms with Gasteiger partial charge in [0.15, 0.2) is 12.4 Å². The SMILES string of the molecule is COc1ccccc1Nc1nc(N)nc(COC(=O)[C@@H]2CC(=O)N([C@@H]3CCC[C@H](C)[C@H]3C)C2)n1. The van der Waals surface area contributed by atoms with E-state index in [0.29, 0.717) is 29.8 Å². The van der Waals surface area contributed by atoms with Crippen LogP contribution in [0.5, 0.6) is 5.75 Å². The second-order valence-electron chi connectivity index (χ2n) is 9.15. The van der Waals surface area contributed by atoms with Crippen molar-refractivity contribution in [3.8, 4) is 5.75 Å². The van der Waals surface area contributed by atoms with E-state index in [1.807, 2.05) is 23.1 Å². The average molecular weight is 469 g/mol. The number of hydrogen-bond donors (Lipinski definition) is 2. The smallest absolute Gasteiger partial charge is 0.311 e. The Hall–Kier alpha value is -3.43. The van der Waals surface area contributed by atoms with Gasteiger partial charge >= 0.3 is 5.97 Å². The average Bonchev–Trinajstić information content (AvgIpc) is 3.20. The third-order valence-electron chi connectivity index (χ3n) is 6.95. The first kappa shape index (κ1) is 23.7. The van der Waals surface area contributed by atoms with Crippen molar-refractivity contribution in [2.24, 2.45) is 17.8 Å². The minimum atomic E-state index is -0.484. The third kappa shape index (κ3) is 5.21. The summed E-state index contributed by atoms with van der Waals surface area (Å²) in [4.78, 5) is 39.8. The lowest BCUT2D eigenvalue weighted by atomic mass is 9.77. The number of esters is 1. The van der Waals surface area contributed by atoms with Gasteiger partial charge in [0, 0.05) is 19.0 Å². The standard InChI is InChI=1S/C24H32N6O4/c1-14-7-6-9-18(15(14)2)30-12-16(11-21(30)31)22(32)34-13-20-27-23(25)29-24(28-20)26-17-8-4-5-10-19(17)33-3/h4-5,8,10,14-16,18H,6-7,9,11-13H2,1-3H3,(H3,25,26,27,28,29)/t14-,15+,16+,18+/m0/s1. The molecule has 1 aromatic carbocycles. The quantitative estimate of drug-likeness (QED) is 0.588. The molecule has 2 aliphatic rings. The van der Waals surface area contributed by atoms with Crippen LogP contribution in [0.25, 0.3) is 0 Å². The normalized spacial score (nSPS) is 24.7. The molecule has 0 unspecified atom stereocenters. The predicted molar refractivity (Wildman–Crippen MR) is 126 cm³/mol. The van der Waals surface area contributed by atoms with E-state index in [-0.39, 0.29) is 42.7 Å². The fourth-order valence-corrected chi connectivity index (χ4v) is 4.88. The number of likely N-dealkylation sites (tertiary alicyclic amines) is 1. The first-order chi connectivity index (χ1) is 16.4. The Morgan fingerprint density at radius 2 is 2.00 bits per heavy atom. The number of methoxy groups -OCH3 is 1. The summed E-state index contributed by atoms with van der Waals surface area (Å²) in [5.74, 6) is 1.17. The van der Waals surface area contributed by atoms with Crippen molar-refractivity contribution in [3.63, 3.8) is 0 Å². The Balaban J connectivity index is 1.37. The molecule has 10 heteroatoms. The largest absolute Gasteiger partial charge is 0.495 e. The number of aromatic nitrogens is 3. The molecule has 1 aliphatic heterocycles. The van der Waals surface area contributed by atoms with Crippen LogP contribution in [0.3, 0.4) is 0 Å². The van der Waals surface area contributed by atoms with E-state index in [4.69, 9.17) is 15.2 Å². The summed E-state index contributed by atoms with van der Waals surface area (Å²) in [6, 6.07) is 7.51. The van der Waals surface area contributed by atoms with Gasteiger partial charge in [0.25, 0.3) is 0 Å². The third-order valence-corrected chi connectivity index (χ3v) is 6.95. The van der Waals surface area contributed by atoms with Crippen LogP contribution in [0.4, 0.5) is 17.6 Å². The van der Waals surface area contributed by atoms with Crippen molar-refractivity contribution < 1.29 is 19.1 Å². The lowest BCUT2D eigenvalue weighted by Gasteiger charge is -2.39. The lowest BCUT2D eigenvalue weighted by Crippen LogP contribution is -2.45. The zero-order valence-electron chi connectivity index (χ0n) is 19.9. The molecule has 4 rings (SSSR count). The molecule has 0 spiro atoms. The fourth-order valence-electron chi connectivity index (χ4n) is 4.88. The summed E-state index contributed by atoms with van der Waals surface area (Å²) in [5.41, 5.74) is 6.49. The monoisotopic (exact) mass is 468 g/mol. The van der Waals surface area contributed by atoms with E-state index in [1.54, 1.807) is 13.2 Å². The molecule has 1 saturated heterocycles. The summed E-state index contributed by atoms with van der Waals surface area (Å²) in [6.45, 7) is 4.68. The van der Waals surface area contributed by atoms with E-state index in [9.17, 15) is 9.59 Å². The molecule has 182 valence electrons. The van der Waals surface area contributed by atoms with Crippen LogP contribution in [0.1, 0.15) is 45.4 Å². The van der Waals surface area contributed by atoms with Crippen LogP contribution < -0.4 is 15.8 Å². The van der Waals surface area contributed by atoms with Crippen LogP contribution in [0.2, 0.25) is 0 Å². The van der Waals surface area contributed by atoms with Crippen LogP contribution in [0, 0.1) is 17.8 Å². The Bertz CT molecular complexity index is 1050. The van der Waals surface area contributed by atoms with Crippen molar-refractivity contribution in [1.29, 1.82) is 0 Å². The summed E-state index contributed by atoms with van der Waals surface area (Å²) < 4.78 is 10.8. The van der Waals surface area contributed by atoms with Gasteiger partial charge in [-0.2, -0.15) is 15.0 Å². The highest BCUT2D eigenvalue weighted by molar-refractivity contribution is 5.87. The predicted octanol–water partition coefficient (Wildman–Crippen LogP) is 2.92. The highest BCUT2D eigenvalue weighted by Crippen LogP contribution is 2.36. The first-order valence-electron chi connectivity index (χ1n) is 11.7. The first-order valence-corrected chi connectivity index (χ1v) is 11.7. The number of nitrogens with zero attached hydrogens (tertiary/aromatic N) is 4. The number of benzene rings is 1. The minimum absolute atomic E-state index is 0.000993. The lowest BCUT2D eigenvalue weighted by molar-refractivity contribution is -0.150. The number of amides is 1. The molecule has 1 amide bonds. The summed E-state index contributed by atoms with van der Waals surface area (Å²) >= 11 is 0. The molecule has 0 radical (unpaired) electrons. The second kappa shape index (κ2) is 10.2. The topological polar surface area (TPSA) is 133 Å². The number of para-hydroxylation sites is 2. The number of rotatable bonds is 7. The van der Waals surface area contributed by atoms with Gasteiger partial charge in [-0.25, -0.2) is 0 Å². The molecule has 2 heterocycles. The van der Waals surface area contributed by atoms with E-state index in [1.165, 1.54) is 6.42 Å². The molecule has 10 nitrogen and oxygen atoms in total. The molecule has 0 bridgehead atoms. The number of ether oxygens (including phenoxy) is 2. The Kier molecular flexibility index (Phi) is 7.14. The number of carbonyl (C=O) groups excluding carboxylic acids is 2. The zero-order chi connectivity index (χ0) is 24.2. The summed E-state index contributed by atoms with van der Waals surface area (Å²) in [6.07, 6.45) is 3.47. The Morgan fingerprint density at radius 3 is 2.79 bits per heavy atom. The zero-order valence-corrected chi connectivity index (χ0v) is 19.9. The van der Waals surface area contributed by atoms with Crippen molar-refractivity contribution in [2.45, 2.75) is 52.2 Å². The van der Waals surface area contributed by atoms with Gasteiger partial charge in [-0.1, -0.05) is 38.8 Å². The van der Waals surface area contributed by atoms with Crippen molar-refractivity contribution >= 4 is 29.5 Å². The number of nitrogens with one attached hydrogen (secondary N) is 1. The summed E-state index contributed by atoms with van der Waals surface area (Å²) in [5, 5.41) is 3.04. The number of nitrogen functional groups attached to an aromatic ring is 1. The molecular weight excluding hydrogens is 436 g/mol. The highest BCUT2D eigenvalue weighted by Gasteiger charge is 2.42. The maximum absolute atomic E-state index is 12.7. The van der Waals surface area contributed by atoms with E-state index >= 15 is 0 Å². The van der Waals surface area contributed by atoms with Crippen molar-refractivity contribution in [1.82, 2.24) is 19.9 Å². The Morgan fingerprint density at radius 1 is 1.21 bits per heavy atom. The van der Waals surface area contributed by atoms with Crippen LogP contribution in [-0.2, 0) is 20.9 Å². The molecule has 1 saturated carbocycles. The maximum atomic E-state index is 12.7. The van der Waals surface area contributed by atoms with E-state index in [2.05, 4.69) is 34.1 Å². The molecule has 1 aliphatic carbocycles. The van der Waals surface area contributed by atoms with Gasteiger partial charge in [-0.05, 0) is 30.4 Å². The Labute approximate surface area is 199 Å². The molecule has 3 N–H and O–H groups in total. The molecule has 2 fully saturated rings. The maximum Gasteiger partial charge on any atom is 0.311 e. The van der Waals surface area contributed by atoms with Gasteiger partial charge in [0.1, 0.15) is 5.75 Å². The van der Waals surface area contributed by atoms with Crippen LogP contribution >= 0.6 is 0 Å². The number of carbonyl (C=O) groups is 2. The molecule has 34 heavy (non-hydrogen) atoms. The summed E-state index contributed by atoms with van der Waals surface area (Å²) in [7, 11) is 1.57. The van der Waals surface area contributed by atoms with Gasteiger partial charge in [0.2, 0.25) is 17.8 Å². The molecule has 1 aromatic heterocycles.